The van der Waals surface area contributed by atoms with Crippen LogP contribution in [-0.2, 0) is 0 Å². The Morgan fingerprint density at radius 3 is 0.557 bits per heavy atom. The number of hydrogen-bond acceptors (Lipinski definition) is 8. The molecule has 0 amide bonds. The first-order valence-corrected chi connectivity index (χ1v) is 41.2. The van der Waals surface area contributed by atoms with E-state index in [0.29, 0.717) is 0 Å². The van der Waals surface area contributed by atoms with Crippen molar-refractivity contribution in [1.29, 1.82) is 0 Å². The molecule has 0 atom stereocenters. The van der Waals surface area contributed by atoms with Gasteiger partial charge in [-0.1, -0.05) is 291 Å². The fourth-order valence-corrected chi connectivity index (χ4v) is 18.2. The Morgan fingerprint density at radius 2 is 0.303 bits per heavy atom. The second-order valence-corrected chi connectivity index (χ2v) is 31.3. The average molecular weight is 1560 g/mol. The second kappa shape index (κ2) is 28.7. The zero-order chi connectivity index (χ0) is 80.3. The number of rotatable bonds is 13. The molecule has 8 nitrogen and oxygen atoms in total. The molecule has 0 aliphatic carbocycles. The van der Waals surface area contributed by atoms with Gasteiger partial charge in [-0.15, -0.1) is 0 Å². The van der Waals surface area contributed by atoms with E-state index in [1.165, 1.54) is 5.56 Å². The molecule has 25 aromatic rings. The first kappa shape index (κ1) is 69.8. The van der Waals surface area contributed by atoms with Crippen molar-refractivity contribution in [3.8, 4) is 77.9 Å². The molecule has 25 rings (SSSR count). The maximum absolute atomic E-state index is 6.43. The summed E-state index contributed by atoms with van der Waals surface area (Å²) in [6, 6.07) is 150. The van der Waals surface area contributed by atoms with Crippen molar-refractivity contribution >= 4 is 166 Å². The lowest BCUT2D eigenvalue weighted by Gasteiger charge is -2.26. The van der Waals surface area contributed by atoms with Gasteiger partial charge in [-0.05, 0) is 189 Å². The van der Waals surface area contributed by atoms with Gasteiger partial charge in [0, 0.05) is 121 Å². The number of nitrogens with zero attached hydrogens (tertiary/aromatic N) is 2. The van der Waals surface area contributed by atoms with Gasteiger partial charge in [0.25, 0.3) is 0 Å². The number of para-hydroxylation sites is 10. The molecule has 0 radical (unpaired) electrons. The number of anilines is 6. The van der Waals surface area contributed by atoms with Crippen LogP contribution in [0.3, 0.4) is 0 Å². The molecule has 0 aliphatic rings. The Balaban J connectivity index is 0.000000139. The van der Waals surface area contributed by atoms with Crippen molar-refractivity contribution in [1.82, 2.24) is 0 Å². The first-order valence-electron chi connectivity index (χ1n) is 41.2. The quantitative estimate of drug-likeness (QED) is 0.113. The molecule has 6 heterocycles. The molecule has 0 spiro atoms. The maximum atomic E-state index is 6.43. The topological polar surface area (TPSA) is 85.3 Å². The van der Waals surface area contributed by atoms with Gasteiger partial charge in [0.2, 0.25) is 0 Å². The predicted molar refractivity (Wildman–Crippen MR) is 504 cm³/mol. The zero-order valence-electron chi connectivity index (χ0n) is 65.8. The van der Waals surface area contributed by atoms with Gasteiger partial charge in [-0.2, -0.15) is 0 Å². The minimum atomic E-state index is 0.896. The van der Waals surface area contributed by atoms with Crippen LogP contribution in [0.5, 0.6) is 0 Å². The first-order chi connectivity index (χ1) is 60.4. The summed E-state index contributed by atoms with van der Waals surface area (Å²) >= 11 is 0. The number of benzene rings is 19. The fourth-order valence-electron chi connectivity index (χ4n) is 18.2. The third kappa shape index (κ3) is 12.0. The monoisotopic (exact) mass is 1560 g/mol. The minimum absolute atomic E-state index is 0.896. The van der Waals surface area contributed by atoms with Crippen LogP contribution >= 0.6 is 0 Å². The summed E-state index contributed by atoms with van der Waals surface area (Å²) < 4.78 is 37.9. The van der Waals surface area contributed by atoms with Gasteiger partial charge in [0.1, 0.15) is 67.0 Å². The van der Waals surface area contributed by atoms with E-state index in [2.05, 4.69) is 362 Å². The number of fused-ring (bicyclic) bond motifs is 18. The lowest BCUT2D eigenvalue weighted by molar-refractivity contribution is 0.668. The molecule has 572 valence electrons. The smallest absolute Gasteiger partial charge is 0.143 e. The summed E-state index contributed by atoms with van der Waals surface area (Å²) in [6.45, 7) is 0. The van der Waals surface area contributed by atoms with Crippen LogP contribution in [-0.4, -0.2) is 0 Å². The molecule has 19 aromatic carbocycles. The minimum Gasteiger partial charge on any atom is -0.456 e. The van der Waals surface area contributed by atoms with Gasteiger partial charge in [-0.3, -0.25) is 0 Å². The van der Waals surface area contributed by atoms with Crippen LogP contribution in [0.15, 0.2) is 451 Å². The van der Waals surface area contributed by atoms with E-state index in [-0.39, 0.29) is 0 Å². The van der Waals surface area contributed by atoms with Crippen molar-refractivity contribution in [3.05, 3.63) is 425 Å². The van der Waals surface area contributed by atoms with E-state index in [1.807, 2.05) is 72.8 Å². The summed E-state index contributed by atoms with van der Waals surface area (Å²) in [5.74, 6) is 0. The van der Waals surface area contributed by atoms with E-state index in [0.717, 1.165) is 238 Å². The van der Waals surface area contributed by atoms with E-state index in [9.17, 15) is 0 Å². The lowest BCUT2D eigenvalue weighted by Crippen LogP contribution is -2.09. The summed E-state index contributed by atoms with van der Waals surface area (Å²) in [5.41, 5.74) is 32.7. The predicted octanol–water partition coefficient (Wildman–Crippen LogP) is 33.4. The molecule has 0 unspecified atom stereocenters. The van der Waals surface area contributed by atoms with Crippen molar-refractivity contribution in [2.24, 2.45) is 0 Å². The maximum Gasteiger partial charge on any atom is 0.143 e. The standard InChI is InChI=1S/C60H37NO3.C54H33NO3/c1-5-17-56-49(9-1)52-14-7-12-47(59(52)63-56)41-25-32-45(33-26-41)61(46-34-27-42(28-35-46)48-13-8-15-53-50-10-2-6-18-57(50)64-60(48)53)44-30-23-39(24-31-44)38-19-21-40(22-20-38)43-29-36-58-54(37-43)51-11-3-4-16-55(51)62-58;1-5-17-50-43(9-1)46-14-7-12-41(53(46)57-50)35-21-28-39(29-22-35)55(38-26-19-34(20-27-38)37-25-32-52-48(33-37)45-11-3-4-16-49(45)56-52)40-30-23-36(24-31-40)42-13-8-15-47-44-10-2-6-18-51(44)58-54(42)47/h1-37H;1-33H. The Hall–Kier alpha value is -16.4. The molecule has 0 bridgehead atoms. The lowest BCUT2D eigenvalue weighted by atomic mass is 9.98. The van der Waals surface area contributed by atoms with Gasteiger partial charge in [0.05, 0.1) is 0 Å². The molecule has 6 aromatic heterocycles. The van der Waals surface area contributed by atoms with Gasteiger partial charge < -0.3 is 36.3 Å². The van der Waals surface area contributed by atoms with E-state index >= 15 is 0 Å². The van der Waals surface area contributed by atoms with Gasteiger partial charge in [-0.25, -0.2) is 0 Å². The summed E-state index contributed by atoms with van der Waals surface area (Å²) in [7, 11) is 0. The number of furan rings is 6. The van der Waals surface area contributed by atoms with Crippen molar-refractivity contribution in [2.45, 2.75) is 0 Å². The van der Waals surface area contributed by atoms with Crippen LogP contribution in [0, 0.1) is 0 Å². The molecular formula is C114H70N2O6. The SMILES string of the molecule is c1ccc2c(c1)oc1ccc(-c3ccc(-c4ccc(N(c5ccc(-c6cccc7c6oc6ccccc67)cc5)c5ccc(-c6cccc7c6oc6ccccc67)cc5)cc4)cc3)cc12.c1ccc2c(c1)oc1ccc(-c3ccc(N(c4ccc(-c5cccc6c5oc5ccccc56)cc4)c4ccc(-c5cccc6c5oc5ccccc56)cc4)cc3)cc12. The average Bonchev–Trinajstić information content (AvgIpc) is 1.51. The highest BCUT2D eigenvalue weighted by molar-refractivity contribution is 6.14. The molecular weight excluding hydrogens is 1490 g/mol. The normalized spacial score (nSPS) is 11.8. The molecule has 8 heteroatoms. The van der Waals surface area contributed by atoms with E-state index < -0.39 is 0 Å². The highest BCUT2D eigenvalue weighted by atomic mass is 16.3. The zero-order valence-corrected chi connectivity index (χ0v) is 65.8. The third-order valence-corrected chi connectivity index (χ3v) is 24.3. The van der Waals surface area contributed by atoms with Crippen LogP contribution < -0.4 is 9.80 Å². The summed E-state index contributed by atoms with van der Waals surface area (Å²) in [6.07, 6.45) is 0. The Morgan fingerprint density at radius 1 is 0.123 bits per heavy atom. The molecule has 0 fully saturated rings. The number of hydrogen-bond donors (Lipinski definition) is 0. The van der Waals surface area contributed by atoms with Crippen LogP contribution in [0.25, 0.3) is 210 Å². The molecule has 0 aliphatic heterocycles. The van der Waals surface area contributed by atoms with Crippen molar-refractivity contribution < 1.29 is 26.5 Å². The highest BCUT2D eigenvalue weighted by Crippen LogP contribution is 2.47. The largest absolute Gasteiger partial charge is 0.456 e. The third-order valence-electron chi connectivity index (χ3n) is 24.3. The van der Waals surface area contributed by atoms with Crippen LogP contribution in [0.1, 0.15) is 0 Å². The molecule has 122 heavy (non-hydrogen) atoms. The second-order valence-electron chi connectivity index (χ2n) is 31.3. The van der Waals surface area contributed by atoms with Crippen LogP contribution in [0.4, 0.5) is 34.1 Å². The Kier molecular flexibility index (Phi) is 16.5. The van der Waals surface area contributed by atoms with Gasteiger partial charge in [0.15, 0.2) is 0 Å². The van der Waals surface area contributed by atoms with E-state index in [4.69, 9.17) is 26.5 Å². The molecule has 0 saturated heterocycles. The fraction of sp³-hybridized carbons (Fsp3) is 0. The van der Waals surface area contributed by atoms with E-state index in [1.54, 1.807) is 0 Å². The van der Waals surface area contributed by atoms with Crippen molar-refractivity contribution in [3.63, 3.8) is 0 Å². The molecule has 0 saturated carbocycles. The van der Waals surface area contributed by atoms with Gasteiger partial charge >= 0.3 is 0 Å². The highest BCUT2D eigenvalue weighted by Gasteiger charge is 2.23. The summed E-state index contributed by atoms with van der Waals surface area (Å²) in [4.78, 5) is 4.63. The molecule has 0 N–H and O–H groups in total. The Bertz CT molecular complexity index is 8040. The van der Waals surface area contributed by atoms with Crippen LogP contribution in [0.2, 0.25) is 0 Å². The Labute approximate surface area is 700 Å². The summed E-state index contributed by atoms with van der Waals surface area (Å²) in [5, 5.41) is 13.5. The van der Waals surface area contributed by atoms with Crippen molar-refractivity contribution in [2.75, 3.05) is 9.80 Å².